The van der Waals surface area contributed by atoms with Gasteiger partial charge in [-0.05, 0) is 81.2 Å². The van der Waals surface area contributed by atoms with Crippen LogP contribution < -0.4 is 0 Å². The van der Waals surface area contributed by atoms with Crippen molar-refractivity contribution >= 4 is 22.7 Å². The fraction of sp³-hybridized carbons (Fsp3) is 0.522. The summed E-state index contributed by atoms with van der Waals surface area (Å²) in [7, 11) is 0. The first-order valence-corrected chi connectivity index (χ1v) is 12.1. The van der Waals surface area contributed by atoms with Gasteiger partial charge in [-0.2, -0.15) is 10.1 Å². The van der Waals surface area contributed by atoms with Crippen molar-refractivity contribution in [3.63, 3.8) is 0 Å². The third-order valence-electron chi connectivity index (χ3n) is 6.53. The molecule has 158 valence electrons. The molecule has 5 rings (SSSR count). The standard InChI is InChI=1S/C23H28N4O2S/c1-14-9-10-19-17(13-24-27(19)20-8-3-4-11-29-20)21(14)15-6-5-7-16-18(12-15)25-23(30-2)26-22(16)28/h9-10,13,15,20H,3-8,11-12H2,1-2H3,(H,25,26,28). The van der Waals surface area contributed by atoms with Crippen molar-refractivity contribution in [1.82, 2.24) is 19.7 Å². The fourth-order valence-electron chi connectivity index (χ4n) is 5.06. The molecule has 1 fully saturated rings. The van der Waals surface area contributed by atoms with Crippen LogP contribution in [0.1, 0.15) is 66.6 Å². The van der Waals surface area contributed by atoms with E-state index in [0.29, 0.717) is 11.1 Å². The molecule has 2 aromatic heterocycles. The van der Waals surface area contributed by atoms with Crippen LogP contribution in [0.5, 0.6) is 5.88 Å². The summed E-state index contributed by atoms with van der Waals surface area (Å²) >= 11 is 1.48. The maximum Gasteiger partial charge on any atom is 0.218 e. The number of benzene rings is 1. The first-order valence-electron chi connectivity index (χ1n) is 10.9. The average Bonchev–Trinajstić information content (AvgIpc) is 3.07. The van der Waals surface area contributed by atoms with Gasteiger partial charge in [0.1, 0.15) is 0 Å². The van der Waals surface area contributed by atoms with E-state index in [4.69, 9.17) is 14.8 Å². The fourth-order valence-corrected chi connectivity index (χ4v) is 5.44. The highest BCUT2D eigenvalue weighted by molar-refractivity contribution is 7.98. The van der Waals surface area contributed by atoms with Gasteiger partial charge in [-0.3, -0.25) is 0 Å². The molecule has 1 aliphatic heterocycles. The Labute approximate surface area is 181 Å². The van der Waals surface area contributed by atoms with Gasteiger partial charge in [-0.1, -0.05) is 17.8 Å². The normalized spacial score (nSPS) is 22.1. The van der Waals surface area contributed by atoms with E-state index in [1.807, 2.05) is 12.5 Å². The van der Waals surface area contributed by atoms with Crippen molar-refractivity contribution in [3.8, 4) is 5.88 Å². The Morgan fingerprint density at radius 1 is 1.17 bits per heavy atom. The van der Waals surface area contributed by atoms with Gasteiger partial charge >= 0.3 is 0 Å². The predicted molar refractivity (Wildman–Crippen MR) is 118 cm³/mol. The van der Waals surface area contributed by atoms with Gasteiger partial charge in [0.25, 0.3) is 0 Å². The minimum atomic E-state index is 0.0375. The molecule has 7 heteroatoms. The van der Waals surface area contributed by atoms with Gasteiger partial charge in [0.05, 0.1) is 17.4 Å². The van der Waals surface area contributed by atoms with E-state index in [1.54, 1.807) is 0 Å². The lowest BCUT2D eigenvalue weighted by Crippen LogP contribution is -2.19. The molecule has 0 spiro atoms. The lowest BCUT2D eigenvalue weighted by Gasteiger charge is -2.24. The largest absolute Gasteiger partial charge is 0.493 e. The summed E-state index contributed by atoms with van der Waals surface area (Å²) in [6, 6.07) is 4.40. The Morgan fingerprint density at radius 2 is 2.07 bits per heavy atom. The molecule has 2 atom stereocenters. The van der Waals surface area contributed by atoms with Gasteiger partial charge in [-0.25, -0.2) is 9.67 Å². The number of ether oxygens (including phenoxy) is 1. The number of hydrogen-bond acceptors (Lipinski definition) is 6. The third kappa shape index (κ3) is 3.48. The van der Waals surface area contributed by atoms with Crippen LogP contribution in [0, 0.1) is 6.92 Å². The van der Waals surface area contributed by atoms with Gasteiger partial charge in [0, 0.05) is 17.6 Å². The molecule has 0 radical (unpaired) electrons. The molecule has 6 nitrogen and oxygen atoms in total. The van der Waals surface area contributed by atoms with E-state index in [9.17, 15) is 5.11 Å². The molecular formula is C23H28N4O2S. The lowest BCUT2D eigenvalue weighted by atomic mass is 9.86. The van der Waals surface area contributed by atoms with Crippen molar-refractivity contribution < 1.29 is 9.84 Å². The van der Waals surface area contributed by atoms with Crippen LogP contribution in [0.3, 0.4) is 0 Å². The van der Waals surface area contributed by atoms with E-state index >= 15 is 0 Å². The Morgan fingerprint density at radius 3 is 2.87 bits per heavy atom. The van der Waals surface area contributed by atoms with E-state index in [-0.39, 0.29) is 12.1 Å². The molecule has 1 N–H and O–H groups in total. The lowest BCUT2D eigenvalue weighted by molar-refractivity contribution is -0.0366. The van der Waals surface area contributed by atoms with Crippen molar-refractivity contribution in [2.45, 2.75) is 69.2 Å². The Hall–Kier alpha value is -2.12. The van der Waals surface area contributed by atoms with Crippen molar-refractivity contribution in [2.24, 2.45) is 0 Å². The Kier molecular flexibility index (Phi) is 5.41. The molecule has 3 heterocycles. The number of aromatic nitrogens is 4. The summed E-state index contributed by atoms with van der Waals surface area (Å²) < 4.78 is 8.08. The smallest absolute Gasteiger partial charge is 0.218 e. The molecule has 1 aromatic carbocycles. The quantitative estimate of drug-likeness (QED) is 0.365. The second-order valence-corrected chi connectivity index (χ2v) is 9.17. The predicted octanol–water partition coefficient (Wildman–Crippen LogP) is 4.92. The highest BCUT2D eigenvalue weighted by Crippen LogP contribution is 2.39. The summed E-state index contributed by atoms with van der Waals surface area (Å²) in [6.07, 6.45) is 11.1. The maximum absolute atomic E-state index is 10.4. The second kappa shape index (κ2) is 8.19. The molecular weight excluding hydrogens is 396 g/mol. The number of fused-ring (bicyclic) bond motifs is 2. The van der Waals surface area contributed by atoms with Crippen LogP contribution in [-0.2, 0) is 17.6 Å². The van der Waals surface area contributed by atoms with E-state index in [0.717, 1.165) is 61.9 Å². The zero-order valence-electron chi connectivity index (χ0n) is 17.6. The maximum atomic E-state index is 10.4. The first-order chi connectivity index (χ1) is 14.7. The van der Waals surface area contributed by atoms with Gasteiger partial charge in [0.2, 0.25) is 5.88 Å². The van der Waals surface area contributed by atoms with Crippen LogP contribution >= 0.6 is 11.8 Å². The highest BCUT2D eigenvalue weighted by atomic mass is 32.2. The molecule has 2 aliphatic rings. The van der Waals surface area contributed by atoms with Crippen LogP contribution in [0.25, 0.3) is 10.9 Å². The monoisotopic (exact) mass is 424 g/mol. The zero-order chi connectivity index (χ0) is 20.7. The molecule has 1 saturated heterocycles. The summed E-state index contributed by atoms with van der Waals surface area (Å²) in [6.45, 7) is 3.00. The van der Waals surface area contributed by atoms with E-state index in [2.05, 4.69) is 28.7 Å². The molecule has 3 aromatic rings. The topological polar surface area (TPSA) is 73.1 Å². The van der Waals surface area contributed by atoms with E-state index in [1.165, 1.54) is 34.7 Å². The van der Waals surface area contributed by atoms with Crippen LogP contribution in [0.4, 0.5) is 0 Å². The van der Waals surface area contributed by atoms with Gasteiger partial charge < -0.3 is 9.84 Å². The number of hydrogen-bond donors (Lipinski definition) is 1. The van der Waals surface area contributed by atoms with Crippen LogP contribution in [-0.4, -0.2) is 37.7 Å². The zero-order valence-corrected chi connectivity index (χ0v) is 18.4. The SMILES string of the molecule is CSc1nc(O)c2c(n1)CC(c1c(C)ccc3c1cnn3C1CCCCO1)CCC2. The number of aryl methyl sites for hydroxylation is 1. The molecule has 0 amide bonds. The molecule has 2 unspecified atom stereocenters. The minimum absolute atomic E-state index is 0.0375. The molecule has 1 aliphatic carbocycles. The molecule has 30 heavy (non-hydrogen) atoms. The van der Waals surface area contributed by atoms with Crippen LogP contribution in [0.2, 0.25) is 0 Å². The highest BCUT2D eigenvalue weighted by Gasteiger charge is 2.27. The summed E-state index contributed by atoms with van der Waals surface area (Å²) in [5.74, 6) is 0.506. The number of thioether (sulfide) groups is 1. The van der Waals surface area contributed by atoms with Crippen molar-refractivity contribution in [2.75, 3.05) is 12.9 Å². The van der Waals surface area contributed by atoms with Crippen molar-refractivity contribution in [3.05, 3.63) is 40.7 Å². The van der Waals surface area contributed by atoms with Crippen LogP contribution in [0.15, 0.2) is 23.5 Å². The molecule has 0 saturated carbocycles. The average molecular weight is 425 g/mol. The van der Waals surface area contributed by atoms with E-state index < -0.39 is 0 Å². The molecule has 0 bridgehead atoms. The van der Waals surface area contributed by atoms with Crippen molar-refractivity contribution in [1.29, 1.82) is 0 Å². The Bertz CT molecular complexity index is 1070. The van der Waals surface area contributed by atoms with Gasteiger partial charge in [0.15, 0.2) is 11.4 Å². The number of nitrogens with zero attached hydrogens (tertiary/aromatic N) is 4. The summed E-state index contributed by atoms with van der Waals surface area (Å²) in [5.41, 5.74) is 5.73. The summed E-state index contributed by atoms with van der Waals surface area (Å²) in [5, 5.41) is 17.0. The Balaban J connectivity index is 1.56. The third-order valence-corrected chi connectivity index (χ3v) is 7.08. The first kappa shape index (κ1) is 19.8. The minimum Gasteiger partial charge on any atom is -0.493 e. The second-order valence-electron chi connectivity index (χ2n) is 8.39. The number of aromatic hydroxyl groups is 1. The van der Waals surface area contributed by atoms with Gasteiger partial charge in [-0.15, -0.1) is 0 Å². The summed E-state index contributed by atoms with van der Waals surface area (Å²) in [4.78, 5) is 9.01. The number of rotatable bonds is 3.